The lowest BCUT2D eigenvalue weighted by atomic mass is 9.99. The van der Waals surface area contributed by atoms with Crippen molar-refractivity contribution in [2.45, 2.75) is 70.4 Å². The molecule has 12 heteroatoms. The van der Waals surface area contributed by atoms with E-state index in [9.17, 15) is 18.0 Å². The first-order valence-corrected chi connectivity index (χ1v) is 16.0. The topological polar surface area (TPSA) is 129 Å². The van der Waals surface area contributed by atoms with E-state index in [0.29, 0.717) is 38.2 Å². The van der Waals surface area contributed by atoms with Crippen molar-refractivity contribution in [3.05, 3.63) is 51.2 Å². The molecule has 1 aromatic heterocycles. The molecule has 1 aliphatic heterocycles. The number of nitrogens with one attached hydrogen (secondary N) is 3. The predicted octanol–water partition coefficient (Wildman–Crippen LogP) is 2.46. The first kappa shape index (κ1) is 29.3. The van der Waals surface area contributed by atoms with Gasteiger partial charge in [-0.25, -0.2) is 13.2 Å². The monoisotopic (exact) mass is 583 g/mol. The number of urea groups is 1. The van der Waals surface area contributed by atoms with Crippen LogP contribution in [0.2, 0.25) is 0 Å². The highest BCUT2D eigenvalue weighted by molar-refractivity contribution is 7.89. The van der Waals surface area contributed by atoms with Crippen molar-refractivity contribution in [1.29, 1.82) is 0 Å². The smallest absolute Gasteiger partial charge is 0.324 e. The highest BCUT2D eigenvalue weighted by Gasteiger charge is 2.31. The number of sulfonamides is 1. The van der Waals surface area contributed by atoms with Crippen molar-refractivity contribution in [3.8, 4) is 0 Å². The number of benzene rings is 1. The molecule has 41 heavy (non-hydrogen) atoms. The third kappa shape index (κ3) is 6.05. The van der Waals surface area contributed by atoms with Gasteiger partial charge in [0.25, 0.3) is 15.9 Å². The predicted molar refractivity (Wildman–Crippen MR) is 157 cm³/mol. The molecule has 0 bridgehead atoms. The molecule has 222 valence electrons. The molecule has 0 spiro atoms. The average molecular weight is 584 g/mol. The summed E-state index contributed by atoms with van der Waals surface area (Å²) in [6.07, 6.45) is 7.15. The molecule has 0 radical (unpaired) electrons. The van der Waals surface area contributed by atoms with Gasteiger partial charge in [-0.05, 0) is 86.7 Å². The fourth-order valence-electron chi connectivity index (χ4n) is 6.25. The van der Waals surface area contributed by atoms with Crippen LogP contribution in [0.3, 0.4) is 0 Å². The van der Waals surface area contributed by atoms with E-state index in [-0.39, 0.29) is 17.6 Å². The SMILES string of the molecule is CCC1=C(C)CN(C(=O)NCCN(C)Cc2cc(S(=O)(=O)NCNc3c4c(cc5c3CCC5)CCC4)nn2C)C1=O. The summed E-state index contributed by atoms with van der Waals surface area (Å²) >= 11 is 0. The minimum atomic E-state index is -3.81. The molecule has 2 aliphatic carbocycles. The number of amides is 3. The number of carbonyl (C=O) groups is 2. The number of rotatable bonds is 11. The van der Waals surface area contributed by atoms with Gasteiger partial charge < -0.3 is 10.6 Å². The Labute approximate surface area is 242 Å². The van der Waals surface area contributed by atoms with E-state index in [1.165, 1.54) is 27.2 Å². The number of hydrogen-bond donors (Lipinski definition) is 3. The Morgan fingerprint density at radius 1 is 1.10 bits per heavy atom. The molecule has 2 aromatic rings. The highest BCUT2D eigenvalue weighted by atomic mass is 32.2. The van der Waals surface area contributed by atoms with Gasteiger partial charge in [-0.1, -0.05) is 13.0 Å². The normalized spacial score (nSPS) is 16.6. The van der Waals surface area contributed by atoms with E-state index < -0.39 is 16.1 Å². The van der Waals surface area contributed by atoms with Crippen LogP contribution in [0.5, 0.6) is 0 Å². The van der Waals surface area contributed by atoms with Gasteiger partial charge in [0.15, 0.2) is 5.03 Å². The molecule has 0 saturated carbocycles. The quantitative estimate of drug-likeness (QED) is 0.347. The summed E-state index contributed by atoms with van der Waals surface area (Å²) < 4.78 is 30.4. The Balaban J connectivity index is 1.12. The average Bonchev–Trinajstić information content (AvgIpc) is 3.71. The summed E-state index contributed by atoms with van der Waals surface area (Å²) in [6.45, 7) is 5.53. The summed E-state index contributed by atoms with van der Waals surface area (Å²) in [5.74, 6) is -0.222. The largest absolute Gasteiger partial charge is 0.371 e. The molecule has 1 aromatic carbocycles. The summed E-state index contributed by atoms with van der Waals surface area (Å²) in [4.78, 5) is 28.1. The minimum absolute atomic E-state index is 0.0239. The van der Waals surface area contributed by atoms with E-state index in [1.54, 1.807) is 17.8 Å². The number of nitrogens with zero attached hydrogens (tertiary/aromatic N) is 4. The van der Waals surface area contributed by atoms with Gasteiger partial charge in [0.1, 0.15) is 0 Å². The molecule has 3 N–H and O–H groups in total. The van der Waals surface area contributed by atoms with E-state index >= 15 is 0 Å². The van der Waals surface area contributed by atoms with Crippen molar-refractivity contribution in [2.75, 3.05) is 38.7 Å². The van der Waals surface area contributed by atoms with Crippen LogP contribution in [0, 0.1) is 0 Å². The van der Waals surface area contributed by atoms with Gasteiger partial charge in [0.05, 0.1) is 18.9 Å². The fourth-order valence-corrected chi connectivity index (χ4v) is 7.18. The van der Waals surface area contributed by atoms with Crippen molar-refractivity contribution in [1.82, 2.24) is 29.6 Å². The summed E-state index contributed by atoms with van der Waals surface area (Å²) in [6, 6.07) is 3.54. The second-order valence-electron chi connectivity index (χ2n) is 11.3. The molecule has 11 nitrogen and oxygen atoms in total. The summed E-state index contributed by atoms with van der Waals surface area (Å²) in [5.41, 5.74) is 8.97. The summed E-state index contributed by atoms with van der Waals surface area (Å²) in [7, 11) is -0.208. The van der Waals surface area contributed by atoms with Crippen molar-refractivity contribution >= 4 is 27.6 Å². The van der Waals surface area contributed by atoms with E-state index in [4.69, 9.17) is 0 Å². The molecule has 2 heterocycles. The van der Waals surface area contributed by atoms with Crippen LogP contribution in [0.15, 0.2) is 28.3 Å². The number of carbonyl (C=O) groups excluding carboxylic acids is 2. The Morgan fingerprint density at radius 2 is 1.78 bits per heavy atom. The maximum atomic E-state index is 13.1. The maximum Gasteiger partial charge on any atom is 0.324 e. The third-order valence-corrected chi connectivity index (χ3v) is 9.72. The van der Waals surface area contributed by atoms with Crippen LogP contribution in [0.1, 0.15) is 61.1 Å². The van der Waals surface area contributed by atoms with E-state index in [2.05, 4.69) is 26.5 Å². The molecule has 0 fully saturated rings. The number of hydrogen-bond acceptors (Lipinski definition) is 7. The molecule has 5 rings (SSSR count). The fraction of sp³-hybridized carbons (Fsp3) is 0.552. The van der Waals surface area contributed by atoms with Gasteiger partial charge in [-0.3, -0.25) is 19.3 Å². The Kier molecular flexibility index (Phi) is 8.53. The van der Waals surface area contributed by atoms with Crippen LogP contribution >= 0.6 is 0 Å². The zero-order chi connectivity index (χ0) is 29.3. The Bertz CT molecular complexity index is 1460. The van der Waals surface area contributed by atoms with Gasteiger partial charge in [0.2, 0.25) is 0 Å². The van der Waals surface area contributed by atoms with Gasteiger partial charge in [-0.2, -0.15) is 9.82 Å². The number of aromatic nitrogens is 2. The molecule has 0 saturated heterocycles. The maximum absolute atomic E-state index is 13.1. The third-order valence-electron chi connectivity index (χ3n) is 8.44. The van der Waals surface area contributed by atoms with Crippen LogP contribution in [0.25, 0.3) is 0 Å². The van der Waals surface area contributed by atoms with Gasteiger partial charge >= 0.3 is 6.03 Å². The molecular formula is C29H41N7O4S. The zero-order valence-electron chi connectivity index (χ0n) is 24.5. The van der Waals surface area contributed by atoms with Gasteiger partial charge in [-0.15, -0.1) is 0 Å². The van der Waals surface area contributed by atoms with Gasteiger partial charge in [0, 0.05) is 44.0 Å². The molecule has 3 amide bonds. The standard InChI is InChI=1S/C29H41N7O4S/c1-5-23-19(2)16-36(28(23)37)29(38)30-12-13-34(3)17-22-15-26(33-35(22)4)41(39,40)32-18-31-27-24-10-6-8-20(24)14-21-9-7-11-25(21)27/h14-15,31-32H,5-13,16-18H2,1-4H3,(H,30,38). The van der Waals surface area contributed by atoms with E-state index in [1.807, 2.05) is 25.8 Å². The molecule has 3 aliphatic rings. The number of imide groups is 1. The second kappa shape index (κ2) is 11.9. The van der Waals surface area contributed by atoms with Crippen LogP contribution in [-0.4, -0.2) is 73.3 Å². The van der Waals surface area contributed by atoms with E-state index in [0.717, 1.165) is 55.5 Å². The Hall–Kier alpha value is -3.22. The second-order valence-corrected chi connectivity index (χ2v) is 13.0. The minimum Gasteiger partial charge on any atom is -0.371 e. The van der Waals surface area contributed by atoms with Crippen molar-refractivity contribution < 1.29 is 18.0 Å². The van der Waals surface area contributed by atoms with Crippen molar-refractivity contribution in [2.24, 2.45) is 7.05 Å². The first-order chi connectivity index (χ1) is 19.6. The lowest BCUT2D eigenvalue weighted by Crippen LogP contribution is -2.44. The first-order valence-electron chi connectivity index (χ1n) is 14.5. The number of aryl methyl sites for hydroxylation is 3. The Morgan fingerprint density at radius 3 is 2.41 bits per heavy atom. The van der Waals surface area contributed by atoms with Crippen LogP contribution < -0.4 is 15.4 Å². The molecule has 0 unspecified atom stereocenters. The zero-order valence-corrected chi connectivity index (χ0v) is 25.3. The summed E-state index contributed by atoms with van der Waals surface area (Å²) in [5, 5.41) is 10.4. The lowest BCUT2D eigenvalue weighted by Gasteiger charge is -2.19. The molecular weight excluding hydrogens is 542 g/mol. The highest BCUT2D eigenvalue weighted by Crippen LogP contribution is 2.38. The van der Waals surface area contributed by atoms with Crippen LogP contribution in [0.4, 0.5) is 10.5 Å². The number of anilines is 1. The number of likely N-dealkylation sites (N-methyl/N-ethyl adjacent to an activating group) is 1. The van der Waals surface area contributed by atoms with Crippen LogP contribution in [-0.2, 0) is 54.1 Å². The number of fused-ring (bicyclic) bond motifs is 2. The molecule has 0 atom stereocenters. The lowest BCUT2D eigenvalue weighted by molar-refractivity contribution is -0.123. The van der Waals surface area contributed by atoms with Crippen molar-refractivity contribution in [3.63, 3.8) is 0 Å².